The largest absolute Gasteiger partial charge is 0.337 e. The lowest BCUT2D eigenvalue weighted by Crippen LogP contribution is -2.46. The maximum atomic E-state index is 11.5. The van der Waals surface area contributed by atoms with E-state index in [4.69, 9.17) is 5.73 Å². The Morgan fingerprint density at radius 1 is 1.38 bits per heavy atom. The molecule has 16 heavy (non-hydrogen) atoms. The van der Waals surface area contributed by atoms with E-state index >= 15 is 0 Å². The highest BCUT2D eigenvalue weighted by Crippen LogP contribution is 2.16. The molecule has 1 aliphatic carbocycles. The van der Waals surface area contributed by atoms with Gasteiger partial charge in [-0.05, 0) is 19.3 Å². The first kappa shape index (κ1) is 13.3. The third-order valence-corrected chi connectivity index (χ3v) is 3.12. The Kier molecular flexibility index (Phi) is 6.23. The van der Waals surface area contributed by atoms with Gasteiger partial charge in [0.2, 0.25) is 0 Å². The predicted molar refractivity (Wildman–Crippen MR) is 66.3 cm³/mol. The van der Waals surface area contributed by atoms with Gasteiger partial charge in [0.05, 0.1) is 0 Å². The van der Waals surface area contributed by atoms with Crippen LogP contribution >= 0.6 is 0 Å². The van der Waals surface area contributed by atoms with E-state index in [1.807, 2.05) is 0 Å². The van der Waals surface area contributed by atoms with Gasteiger partial charge in [-0.1, -0.05) is 32.6 Å². The van der Waals surface area contributed by atoms with Gasteiger partial charge in [0.15, 0.2) is 0 Å². The molecule has 0 aliphatic heterocycles. The van der Waals surface area contributed by atoms with Gasteiger partial charge in [0.1, 0.15) is 0 Å². The van der Waals surface area contributed by atoms with Crippen LogP contribution in [0.1, 0.15) is 51.9 Å². The molecular formula is C12H25N3O. The number of nitrogens with two attached hydrogens (primary N) is 1. The van der Waals surface area contributed by atoms with Crippen molar-refractivity contribution in [3.8, 4) is 0 Å². The fraction of sp³-hybridized carbons (Fsp3) is 0.917. The minimum Gasteiger partial charge on any atom is -0.337 e. The van der Waals surface area contributed by atoms with Gasteiger partial charge in [-0.2, -0.15) is 0 Å². The first-order valence-corrected chi connectivity index (χ1v) is 6.52. The summed E-state index contributed by atoms with van der Waals surface area (Å²) in [6.45, 7) is 2.67. The van der Waals surface area contributed by atoms with Gasteiger partial charge in [-0.15, -0.1) is 0 Å². The molecule has 1 atom stereocenters. The third-order valence-electron chi connectivity index (χ3n) is 3.12. The molecule has 0 aromatic rings. The number of urea groups is 1. The Morgan fingerprint density at radius 3 is 2.69 bits per heavy atom. The quantitative estimate of drug-likeness (QED) is 0.670. The van der Waals surface area contributed by atoms with Crippen LogP contribution in [0.4, 0.5) is 4.79 Å². The maximum Gasteiger partial charge on any atom is 0.315 e. The molecule has 0 heterocycles. The van der Waals surface area contributed by atoms with Crippen molar-refractivity contribution in [1.82, 2.24) is 10.6 Å². The van der Waals surface area contributed by atoms with Crippen molar-refractivity contribution < 1.29 is 4.79 Å². The van der Waals surface area contributed by atoms with Crippen molar-refractivity contribution in [3.05, 3.63) is 0 Å². The monoisotopic (exact) mass is 227 g/mol. The average molecular weight is 227 g/mol. The molecule has 0 radical (unpaired) electrons. The van der Waals surface area contributed by atoms with Crippen molar-refractivity contribution in [2.75, 3.05) is 6.54 Å². The SMILES string of the molecule is CCCC(N)CNC(=O)NC1CCCCC1. The zero-order chi connectivity index (χ0) is 11.8. The first-order chi connectivity index (χ1) is 7.72. The van der Waals surface area contributed by atoms with Gasteiger partial charge in [-0.3, -0.25) is 0 Å². The van der Waals surface area contributed by atoms with Gasteiger partial charge < -0.3 is 16.4 Å². The van der Waals surface area contributed by atoms with Crippen LogP contribution in [-0.2, 0) is 0 Å². The summed E-state index contributed by atoms with van der Waals surface area (Å²) < 4.78 is 0. The molecule has 1 rings (SSSR count). The summed E-state index contributed by atoms with van der Waals surface area (Å²) in [5.74, 6) is 0. The van der Waals surface area contributed by atoms with Crippen molar-refractivity contribution in [2.45, 2.75) is 64.0 Å². The van der Waals surface area contributed by atoms with Crippen molar-refractivity contribution >= 4 is 6.03 Å². The lowest BCUT2D eigenvalue weighted by Gasteiger charge is -2.23. The standard InChI is InChI=1S/C12H25N3O/c1-2-6-10(13)9-14-12(16)15-11-7-4-3-5-8-11/h10-11H,2-9,13H2,1H3,(H2,14,15,16). The van der Waals surface area contributed by atoms with Crippen LogP contribution in [-0.4, -0.2) is 24.7 Å². The normalized spacial score (nSPS) is 19.1. The second-order valence-electron chi connectivity index (χ2n) is 4.74. The maximum absolute atomic E-state index is 11.5. The molecule has 2 amide bonds. The van der Waals surface area contributed by atoms with E-state index in [0.29, 0.717) is 12.6 Å². The zero-order valence-corrected chi connectivity index (χ0v) is 10.3. The average Bonchev–Trinajstić information content (AvgIpc) is 2.28. The van der Waals surface area contributed by atoms with Crippen LogP contribution < -0.4 is 16.4 Å². The number of hydrogen-bond acceptors (Lipinski definition) is 2. The summed E-state index contributed by atoms with van der Waals surface area (Å²) in [6.07, 6.45) is 8.04. The highest BCUT2D eigenvalue weighted by molar-refractivity contribution is 5.74. The minimum atomic E-state index is -0.0570. The van der Waals surface area contributed by atoms with Crippen LogP contribution in [0.2, 0.25) is 0 Å². The smallest absolute Gasteiger partial charge is 0.315 e. The Morgan fingerprint density at radius 2 is 2.06 bits per heavy atom. The Hall–Kier alpha value is -0.770. The lowest BCUT2D eigenvalue weighted by molar-refractivity contribution is 0.232. The van der Waals surface area contributed by atoms with E-state index in [9.17, 15) is 4.79 Å². The van der Waals surface area contributed by atoms with Gasteiger partial charge in [-0.25, -0.2) is 4.79 Å². The summed E-state index contributed by atoms with van der Waals surface area (Å²) in [4.78, 5) is 11.5. The molecule has 1 aliphatic rings. The van der Waals surface area contributed by atoms with Crippen molar-refractivity contribution in [2.24, 2.45) is 5.73 Å². The summed E-state index contributed by atoms with van der Waals surface area (Å²) in [7, 11) is 0. The van der Waals surface area contributed by atoms with E-state index in [1.165, 1.54) is 19.3 Å². The Balaban J connectivity index is 2.10. The second-order valence-corrected chi connectivity index (χ2v) is 4.74. The van der Waals surface area contributed by atoms with Gasteiger partial charge in [0.25, 0.3) is 0 Å². The van der Waals surface area contributed by atoms with E-state index in [2.05, 4.69) is 17.6 Å². The van der Waals surface area contributed by atoms with E-state index in [1.54, 1.807) is 0 Å². The van der Waals surface area contributed by atoms with Crippen molar-refractivity contribution in [1.29, 1.82) is 0 Å². The topological polar surface area (TPSA) is 67.1 Å². The van der Waals surface area contributed by atoms with Crippen LogP contribution in [0.15, 0.2) is 0 Å². The lowest BCUT2D eigenvalue weighted by atomic mass is 9.96. The van der Waals surface area contributed by atoms with Crippen molar-refractivity contribution in [3.63, 3.8) is 0 Å². The molecular weight excluding hydrogens is 202 g/mol. The fourth-order valence-corrected chi connectivity index (χ4v) is 2.18. The summed E-state index contributed by atoms with van der Waals surface area (Å²) >= 11 is 0. The molecule has 94 valence electrons. The molecule has 0 aromatic heterocycles. The minimum absolute atomic E-state index is 0.0570. The summed E-state index contributed by atoms with van der Waals surface area (Å²) in [6, 6.07) is 0.400. The predicted octanol–water partition coefficient (Wildman–Crippen LogP) is 1.75. The second kappa shape index (κ2) is 7.49. The van der Waals surface area contributed by atoms with Gasteiger partial charge >= 0.3 is 6.03 Å². The molecule has 0 saturated heterocycles. The highest BCUT2D eigenvalue weighted by atomic mass is 16.2. The number of carbonyl (C=O) groups is 1. The van der Waals surface area contributed by atoms with Gasteiger partial charge in [0, 0.05) is 18.6 Å². The fourth-order valence-electron chi connectivity index (χ4n) is 2.18. The zero-order valence-electron chi connectivity index (χ0n) is 10.3. The van der Waals surface area contributed by atoms with Crippen LogP contribution in [0.25, 0.3) is 0 Å². The van der Waals surface area contributed by atoms with E-state index < -0.39 is 0 Å². The third kappa shape index (κ3) is 5.35. The molecule has 1 saturated carbocycles. The highest BCUT2D eigenvalue weighted by Gasteiger charge is 2.15. The summed E-state index contributed by atoms with van der Waals surface area (Å²) in [5.41, 5.74) is 5.82. The Bertz CT molecular complexity index is 202. The molecule has 4 heteroatoms. The van der Waals surface area contributed by atoms with Crippen LogP contribution in [0, 0.1) is 0 Å². The number of rotatable bonds is 5. The number of carbonyl (C=O) groups excluding carboxylic acids is 1. The summed E-state index contributed by atoms with van der Waals surface area (Å²) in [5, 5.41) is 5.85. The molecule has 1 unspecified atom stereocenters. The van der Waals surface area contributed by atoms with E-state index in [0.717, 1.165) is 25.7 Å². The van der Waals surface area contributed by atoms with Crippen LogP contribution in [0.5, 0.6) is 0 Å². The molecule has 1 fully saturated rings. The Labute approximate surface area is 98.3 Å². The first-order valence-electron chi connectivity index (χ1n) is 6.52. The molecule has 4 N–H and O–H groups in total. The number of hydrogen-bond donors (Lipinski definition) is 3. The number of nitrogens with one attached hydrogen (secondary N) is 2. The molecule has 0 bridgehead atoms. The van der Waals surface area contributed by atoms with Crippen LogP contribution in [0.3, 0.4) is 0 Å². The van der Waals surface area contributed by atoms with E-state index in [-0.39, 0.29) is 12.1 Å². The molecule has 0 spiro atoms. The molecule has 4 nitrogen and oxygen atoms in total. The number of amides is 2. The molecule has 0 aromatic carbocycles.